The van der Waals surface area contributed by atoms with Gasteiger partial charge in [0.2, 0.25) is 0 Å². The van der Waals surface area contributed by atoms with Crippen LogP contribution in [0, 0.1) is 0 Å². The molecule has 14 rings (SSSR count). The van der Waals surface area contributed by atoms with E-state index in [4.69, 9.17) is 15.0 Å². The van der Waals surface area contributed by atoms with Gasteiger partial charge in [0.25, 0.3) is 0 Å². The van der Waals surface area contributed by atoms with Crippen LogP contribution in [-0.4, -0.2) is 24.1 Å². The Morgan fingerprint density at radius 1 is 0.275 bits per heavy atom. The van der Waals surface area contributed by atoms with Crippen molar-refractivity contribution in [2.45, 2.75) is 0 Å². The molecule has 0 unspecified atom stereocenters. The summed E-state index contributed by atoms with van der Waals surface area (Å²) in [5.41, 5.74) is 14.3. The van der Waals surface area contributed by atoms with Gasteiger partial charge in [0, 0.05) is 60.4 Å². The summed E-state index contributed by atoms with van der Waals surface area (Å²) in [6.45, 7) is 0. The third-order valence-electron chi connectivity index (χ3n) is 13.6. The number of nitrogens with zero attached hydrogens (tertiary/aromatic N) is 5. The van der Waals surface area contributed by atoms with Crippen molar-refractivity contribution >= 4 is 75.1 Å². The van der Waals surface area contributed by atoms with Gasteiger partial charge >= 0.3 is 0 Å². The molecule has 0 bridgehead atoms. The summed E-state index contributed by atoms with van der Waals surface area (Å²) >= 11 is 1.89. The molecule has 0 aliphatic heterocycles. The van der Waals surface area contributed by atoms with E-state index in [0.717, 1.165) is 44.7 Å². The Balaban J connectivity index is 0.997. The predicted molar refractivity (Wildman–Crippen MR) is 289 cm³/mol. The van der Waals surface area contributed by atoms with Crippen molar-refractivity contribution in [2.24, 2.45) is 0 Å². The first-order valence-electron chi connectivity index (χ1n) is 23.3. The zero-order valence-electron chi connectivity index (χ0n) is 37.2. The normalized spacial score (nSPS) is 11.8. The Hall–Kier alpha value is -8.97. The van der Waals surface area contributed by atoms with Crippen LogP contribution in [0.5, 0.6) is 0 Å². The lowest BCUT2D eigenvalue weighted by molar-refractivity contribution is 1.07. The van der Waals surface area contributed by atoms with Crippen molar-refractivity contribution in [3.05, 3.63) is 237 Å². The second-order valence-corrected chi connectivity index (χ2v) is 18.6. The van der Waals surface area contributed by atoms with E-state index in [1.165, 1.54) is 69.4 Å². The SMILES string of the molecule is c1ccc(-c2cccc(-n3c4ccccc4c4ccc5c6ccc7c8ccccc8n(-c8cccc(-c9nc(-c%10ccccc%10)nc(-c%10ccccc%10-c%10ccccc%10)n9)c8)c7c6sc5c43)c2)cc1. The summed E-state index contributed by atoms with van der Waals surface area (Å²) in [6.07, 6.45) is 0. The molecule has 0 N–H and O–H groups in total. The van der Waals surface area contributed by atoms with Crippen molar-refractivity contribution in [2.75, 3.05) is 0 Å². The van der Waals surface area contributed by atoms with Crippen LogP contribution in [0.15, 0.2) is 237 Å². The van der Waals surface area contributed by atoms with Crippen molar-refractivity contribution in [3.8, 4) is 67.8 Å². The highest BCUT2D eigenvalue weighted by molar-refractivity contribution is 7.27. The number of hydrogen-bond donors (Lipinski definition) is 0. The van der Waals surface area contributed by atoms with Gasteiger partial charge in [0.05, 0.1) is 31.5 Å². The quantitative estimate of drug-likeness (QED) is 0.160. The van der Waals surface area contributed by atoms with Crippen molar-refractivity contribution in [1.82, 2.24) is 24.1 Å². The van der Waals surface area contributed by atoms with Crippen LogP contribution in [0.25, 0.3) is 132 Å². The molecule has 4 aromatic heterocycles. The van der Waals surface area contributed by atoms with Crippen molar-refractivity contribution in [3.63, 3.8) is 0 Å². The minimum absolute atomic E-state index is 0.614. The second kappa shape index (κ2) is 15.8. The zero-order chi connectivity index (χ0) is 45.4. The third-order valence-corrected chi connectivity index (χ3v) is 14.8. The average molecular weight is 898 g/mol. The van der Waals surface area contributed by atoms with Crippen LogP contribution in [0.4, 0.5) is 0 Å². The molecule has 0 aliphatic rings. The van der Waals surface area contributed by atoms with Gasteiger partial charge in [-0.25, -0.2) is 15.0 Å². The largest absolute Gasteiger partial charge is 0.308 e. The molecule has 5 nitrogen and oxygen atoms in total. The van der Waals surface area contributed by atoms with E-state index in [1.54, 1.807) is 0 Å². The Morgan fingerprint density at radius 2 is 0.696 bits per heavy atom. The molecule has 322 valence electrons. The Bertz CT molecular complexity index is 4300. The number of hydrogen-bond acceptors (Lipinski definition) is 4. The molecule has 0 radical (unpaired) electrons. The fourth-order valence-corrected chi connectivity index (χ4v) is 11.8. The monoisotopic (exact) mass is 897 g/mol. The number of thiophene rings is 1. The molecule has 0 aliphatic carbocycles. The Labute approximate surface area is 401 Å². The van der Waals surface area contributed by atoms with E-state index < -0.39 is 0 Å². The summed E-state index contributed by atoms with van der Waals surface area (Å²) < 4.78 is 7.45. The lowest BCUT2D eigenvalue weighted by Gasteiger charge is -2.13. The van der Waals surface area contributed by atoms with Gasteiger partial charge in [-0.1, -0.05) is 200 Å². The molecule has 0 saturated heterocycles. The van der Waals surface area contributed by atoms with Gasteiger partial charge in [0.15, 0.2) is 17.5 Å². The van der Waals surface area contributed by atoms with Gasteiger partial charge in [-0.3, -0.25) is 0 Å². The molecule has 0 amide bonds. The molecule has 0 atom stereocenters. The van der Waals surface area contributed by atoms with E-state index in [9.17, 15) is 0 Å². The Morgan fingerprint density at radius 3 is 1.29 bits per heavy atom. The van der Waals surface area contributed by atoms with E-state index in [1.807, 2.05) is 35.6 Å². The van der Waals surface area contributed by atoms with Crippen molar-refractivity contribution in [1.29, 1.82) is 0 Å². The van der Waals surface area contributed by atoms with Crippen LogP contribution in [0.2, 0.25) is 0 Å². The molecule has 4 heterocycles. The van der Waals surface area contributed by atoms with Crippen LogP contribution < -0.4 is 0 Å². The third kappa shape index (κ3) is 6.34. The number of rotatable bonds is 7. The molecule has 14 aromatic rings. The van der Waals surface area contributed by atoms with Gasteiger partial charge in [0.1, 0.15) is 0 Å². The fourth-order valence-electron chi connectivity index (χ4n) is 10.5. The summed E-state index contributed by atoms with van der Waals surface area (Å²) in [6, 6.07) is 84.3. The minimum Gasteiger partial charge on any atom is -0.308 e. The topological polar surface area (TPSA) is 48.5 Å². The maximum absolute atomic E-state index is 5.28. The van der Waals surface area contributed by atoms with E-state index in [-0.39, 0.29) is 0 Å². The lowest BCUT2D eigenvalue weighted by Crippen LogP contribution is -2.02. The molecular weight excluding hydrogens is 859 g/mol. The van der Waals surface area contributed by atoms with Gasteiger partial charge < -0.3 is 9.13 Å². The van der Waals surface area contributed by atoms with E-state index in [2.05, 4.69) is 221 Å². The lowest BCUT2D eigenvalue weighted by atomic mass is 9.99. The summed E-state index contributed by atoms with van der Waals surface area (Å²) in [7, 11) is 0. The highest BCUT2D eigenvalue weighted by Gasteiger charge is 2.23. The molecule has 6 heteroatoms. The first-order valence-corrected chi connectivity index (χ1v) is 24.1. The average Bonchev–Trinajstić information content (AvgIpc) is 4.10. The van der Waals surface area contributed by atoms with E-state index in [0.29, 0.717) is 17.5 Å². The molecular formula is C63H39N5S. The highest BCUT2D eigenvalue weighted by atomic mass is 32.1. The molecule has 10 aromatic carbocycles. The molecule has 0 saturated carbocycles. The van der Waals surface area contributed by atoms with E-state index >= 15 is 0 Å². The number of para-hydroxylation sites is 2. The zero-order valence-corrected chi connectivity index (χ0v) is 38.0. The maximum atomic E-state index is 5.28. The van der Waals surface area contributed by atoms with Crippen molar-refractivity contribution < 1.29 is 0 Å². The first kappa shape index (κ1) is 39.2. The highest BCUT2D eigenvalue weighted by Crippen LogP contribution is 2.47. The summed E-state index contributed by atoms with van der Waals surface area (Å²) in [4.78, 5) is 15.6. The predicted octanol–water partition coefficient (Wildman–Crippen LogP) is 16.8. The second-order valence-electron chi connectivity index (χ2n) is 17.5. The van der Waals surface area contributed by atoms with Crippen LogP contribution in [0.3, 0.4) is 0 Å². The van der Waals surface area contributed by atoms with Gasteiger partial charge in [-0.15, -0.1) is 11.3 Å². The standard InChI is InChI=1S/C63H39N5S/c1-4-18-40(19-5-1)43-24-16-26-45(38-43)67-55-32-14-12-29-48(55)50-34-36-52-53-37-35-51-49-30-13-15-33-56(49)68(58(51)60(53)69-59(52)57(50)67)46-27-17-25-44(39-46)62-64-61(42-22-8-3-9-23-42)65-63(66-62)54-31-11-10-28-47(54)41-20-6-2-7-21-41/h1-39H. The number of benzene rings is 10. The summed E-state index contributed by atoms with van der Waals surface area (Å²) in [5.74, 6) is 1.87. The van der Waals surface area contributed by atoms with Crippen LogP contribution in [0.1, 0.15) is 0 Å². The molecule has 0 spiro atoms. The van der Waals surface area contributed by atoms with Crippen LogP contribution >= 0.6 is 11.3 Å². The van der Waals surface area contributed by atoms with Crippen LogP contribution in [-0.2, 0) is 0 Å². The smallest absolute Gasteiger partial charge is 0.164 e. The van der Waals surface area contributed by atoms with Gasteiger partial charge in [-0.2, -0.15) is 0 Å². The minimum atomic E-state index is 0.614. The number of aromatic nitrogens is 5. The fraction of sp³-hybridized carbons (Fsp3) is 0. The molecule has 0 fully saturated rings. The number of fused-ring (bicyclic) bond motifs is 11. The summed E-state index contributed by atoms with van der Waals surface area (Å²) in [5, 5.41) is 7.41. The Kier molecular flexibility index (Phi) is 9.00. The van der Waals surface area contributed by atoms with Gasteiger partial charge in [-0.05, 0) is 58.7 Å². The maximum Gasteiger partial charge on any atom is 0.164 e. The molecule has 69 heavy (non-hydrogen) atoms. The first-order chi connectivity index (χ1) is 34.2.